The summed E-state index contributed by atoms with van der Waals surface area (Å²) in [6, 6.07) is 3.80. The molecule has 0 radical (unpaired) electrons. The summed E-state index contributed by atoms with van der Waals surface area (Å²) in [6.07, 6.45) is 3.68. The highest BCUT2D eigenvalue weighted by Gasteiger charge is 2.17. The van der Waals surface area contributed by atoms with Crippen LogP contribution in [-0.2, 0) is 9.53 Å². The van der Waals surface area contributed by atoms with Gasteiger partial charge in [0.2, 0.25) is 0 Å². The van der Waals surface area contributed by atoms with Gasteiger partial charge in [-0.15, -0.1) is 11.3 Å². The normalized spacial score (nSPS) is 19.2. The van der Waals surface area contributed by atoms with Crippen molar-refractivity contribution < 1.29 is 9.53 Å². The maximum Gasteiger partial charge on any atom is 0.262 e. The fraction of sp³-hybridized carbons (Fsp3) is 0.385. The molecule has 1 aliphatic heterocycles. The topological polar surface area (TPSA) is 62.1 Å². The molecule has 0 bridgehead atoms. The molecule has 1 amide bonds. The van der Waals surface area contributed by atoms with Gasteiger partial charge in [0.15, 0.2) is 0 Å². The Morgan fingerprint density at radius 3 is 3.16 bits per heavy atom. The first-order chi connectivity index (χ1) is 9.19. The zero-order valence-corrected chi connectivity index (χ0v) is 12.6. The monoisotopic (exact) mass is 340 g/mol. The molecule has 1 aromatic heterocycles. The summed E-state index contributed by atoms with van der Waals surface area (Å²) in [6.45, 7) is 1.22. The molecule has 0 aromatic carbocycles. The first-order valence-electron chi connectivity index (χ1n) is 5.94. The number of amides is 1. The number of rotatable bonds is 4. The largest absolute Gasteiger partial charge is 0.376 e. The Morgan fingerprint density at radius 1 is 1.74 bits per heavy atom. The molecule has 100 valence electrons. The Balaban J connectivity index is 1.95. The lowest BCUT2D eigenvalue weighted by molar-refractivity contribution is -0.117. The van der Waals surface area contributed by atoms with Crippen molar-refractivity contribution in [3.05, 3.63) is 26.4 Å². The van der Waals surface area contributed by atoms with E-state index >= 15 is 0 Å². The summed E-state index contributed by atoms with van der Waals surface area (Å²) in [7, 11) is 0. The molecular formula is C13H13BrN2O2S. The molecule has 1 atom stereocenters. The average molecular weight is 341 g/mol. The summed E-state index contributed by atoms with van der Waals surface area (Å²) in [4.78, 5) is 12.7. The van der Waals surface area contributed by atoms with Gasteiger partial charge in [-0.25, -0.2) is 0 Å². The van der Waals surface area contributed by atoms with Gasteiger partial charge in [0.25, 0.3) is 5.91 Å². The highest BCUT2D eigenvalue weighted by molar-refractivity contribution is 9.10. The Morgan fingerprint density at radius 2 is 2.58 bits per heavy atom. The van der Waals surface area contributed by atoms with Crippen LogP contribution in [0.3, 0.4) is 0 Å². The smallest absolute Gasteiger partial charge is 0.262 e. The number of carbonyl (C=O) groups is 1. The van der Waals surface area contributed by atoms with Crippen molar-refractivity contribution in [2.24, 2.45) is 0 Å². The van der Waals surface area contributed by atoms with Gasteiger partial charge in [-0.3, -0.25) is 4.79 Å². The lowest BCUT2D eigenvalue weighted by Crippen LogP contribution is -2.32. The predicted molar refractivity (Wildman–Crippen MR) is 77.6 cm³/mol. The second kappa shape index (κ2) is 6.85. The van der Waals surface area contributed by atoms with Crippen molar-refractivity contribution in [1.29, 1.82) is 5.26 Å². The lowest BCUT2D eigenvalue weighted by Gasteiger charge is -2.09. The van der Waals surface area contributed by atoms with Crippen molar-refractivity contribution in [1.82, 2.24) is 5.32 Å². The Bertz CT molecular complexity index is 527. The van der Waals surface area contributed by atoms with E-state index in [1.807, 2.05) is 17.5 Å². The highest BCUT2D eigenvalue weighted by atomic mass is 79.9. The van der Waals surface area contributed by atoms with Crippen molar-refractivity contribution in [3.8, 4) is 6.07 Å². The number of halogens is 1. The number of thiophene rings is 1. The Kier molecular flexibility index (Phi) is 5.14. The maximum atomic E-state index is 11.9. The summed E-state index contributed by atoms with van der Waals surface area (Å²) < 4.78 is 6.36. The number of nitrogens with zero attached hydrogens (tertiary/aromatic N) is 1. The van der Waals surface area contributed by atoms with Crippen LogP contribution in [0.1, 0.15) is 17.7 Å². The number of nitriles is 1. The highest BCUT2D eigenvalue weighted by Crippen LogP contribution is 2.22. The van der Waals surface area contributed by atoms with Crippen molar-refractivity contribution >= 4 is 39.2 Å². The van der Waals surface area contributed by atoms with E-state index in [2.05, 4.69) is 21.2 Å². The summed E-state index contributed by atoms with van der Waals surface area (Å²) >= 11 is 4.81. The third-order valence-corrected chi connectivity index (χ3v) is 4.39. The average Bonchev–Trinajstić information content (AvgIpc) is 3.04. The first kappa shape index (κ1) is 14.3. The summed E-state index contributed by atoms with van der Waals surface area (Å²) in [5.74, 6) is -0.345. The molecule has 0 aliphatic carbocycles. The quantitative estimate of drug-likeness (QED) is 0.677. The SMILES string of the molecule is N#C/C(=C\c1cc(Br)cs1)C(=O)NC[C@@H]1CCCO1. The molecule has 0 spiro atoms. The fourth-order valence-electron chi connectivity index (χ4n) is 1.80. The number of hydrogen-bond donors (Lipinski definition) is 1. The van der Waals surface area contributed by atoms with Crippen molar-refractivity contribution in [2.75, 3.05) is 13.2 Å². The Labute approximate surface area is 124 Å². The first-order valence-corrected chi connectivity index (χ1v) is 7.62. The van der Waals surface area contributed by atoms with Crippen LogP contribution in [0.25, 0.3) is 6.08 Å². The molecule has 1 aromatic rings. The molecule has 6 heteroatoms. The predicted octanol–water partition coefficient (Wildman–Crippen LogP) is 2.71. The molecule has 2 heterocycles. The molecule has 1 aliphatic rings. The lowest BCUT2D eigenvalue weighted by atomic mass is 10.2. The minimum atomic E-state index is -0.345. The molecule has 1 saturated heterocycles. The maximum absolute atomic E-state index is 11.9. The van der Waals surface area contributed by atoms with Gasteiger partial charge in [-0.05, 0) is 40.9 Å². The van der Waals surface area contributed by atoms with Crippen LogP contribution < -0.4 is 5.32 Å². The van der Waals surface area contributed by atoms with Crippen LogP contribution >= 0.6 is 27.3 Å². The molecule has 4 nitrogen and oxygen atoms in total. The van der Waals surface area contributed by atoms with E-state index < -0.39 is 0 Å². The van der Waals surface area contributed by atoms with Gasteiger partial charge in [-0.1, -0.05) is 0 Å². The van der Waals surface area contributed by atoms with E-state index in [-0.39, 0.29) is 17.6 Å². The molecule has 0 saturated carbocycles. The Hall–Kier alpha value is -1.16. The van der Waals surface area contributed by atoms with E-state index in [4.69, 9.17) is 10.00 Å². The molecular weight excluding hydrogens is 328 g/mol. The second-order valence-corrected chi connectivity index (χ2v) is 6.04. The van der Waals surface area contributed by atoms with E-state index in [1.165, 1.54) is 11.3 Å². The van der Waals surface area contributed by atoms with Gasteiger partial charge in [0, 0.05) is 27.9 Å². The van der Waals surface area contributed by atoms with E-state index in [1.54, 1.807) is 6.08 Å². The number of ether oxygens (including phenoxy) is 1. The molecule has 0 unspecified atom stereocenters. The fourth-order valence-corrected chi connectivity index (χ4v) is 3.18. The number of hydrogen-bond acceptors (Lipinski definition) is 4. The molecule has 2 rings (SSSR count). The third-order valence-electron chi connectivity index (χ3n) is 2.75. The van der Waals surface area contributed by atoms with Gasteiger partial charge >= 0.3 is 0 Å². The summed E-state index contributed by atoms with van der Waals surface area (Å²) in [5, 5.41) is 13.7. The zero-order chi connectivity index (χ0) is 13.7. The molecule has 19 heavy (non-hydrogen) atoms. The van der Waals surface area contributed by atoms with Crippen LogP contribution in [0.5, 0.6) is 0 Å². The minimum absolute atomic E-state index is 0.0831. The second-order valence-electron chi connectivity index (χ2n) is 4.18. The summed E-state index contributed by atoms with van der Waals surface area (Å²) in [5.41, 5.74) is 0.118. The van der Waals surface area contributed by atoms with Gasteiger partial charge in [0.05, 0.1) is 6.10 Å². The van der Waals surface area contributed by atoms with Crippen molar-refractivity contribution in [2.45, 2.75) is 18.9 Å². The zero-order valence-electron chi connectivity index (χ0n) is 10.2. The van der Waals surface area contributed by atoms with Crippen LogP contribution in [-0.4, -0.2) is 25.2 Å². The third kappa shape index (κ3) is 4.16. The van der Waals surface area contributed by atoms with Gasteiger partial charge < -0.3 is 10.1 Å². The van der Waals surface area contributed by atoms with Crippen LogP contribution in [0.15, 0.2) is 21.5 Å². The van der Waals surface area contributed by atoms with Gasteiger partial charge in [-0.2, -0.15) is 5.26 Å². The minimum Gasteiger partial charge on any atom is -0.376 e. The van der Waals surface area contributed by atoms with Crippen LogP contribution in [0, 0.1) is 11.3 Å². The van der Waals surface area contributed by atoms with E-state index in [0.717, 1.165) is 28.8 Å². The molecule has 1 N–H and O–H groups in total. The van der Waals surface area contributed by atoms with Crippen LogP contribution in [0.2, 0.25) is 0 Å². The van der Waals surface area contributed by atoms with E-state index in [9.17, 15) is 4.79 Å². The van der Waals surface area contributed by atoms with Crippen molar-refractivity contribution in [3.63, 3.8) is 0 Å². The number of carbonyl (C=O) groups excluding carboxylic acids is 1. The number of nitrogens with one attached hydrogen (secondary N) is 1. The van der Waals surface area contributed by atoms with Crippen LogP contribution in [0.4, 0.5) is 0 Å². The standard InChI is InChI=1S/C13H13BrN2O2S/c14-10-5-12(19-8-10)4-9(6-15)13(17)16-7-11-2-1-3-18-11/h4-5,8,11H,1-3,7H2,(H,16,17)/b9-4+/t11-/m0/s1. The van der Waals surface area contributed by atoms with Gasteiger partial charge in [0.1, 0.15) is 11.6 Å². The van der Waals surface area contributed by atoms with E-state index in [0.29, 0.717) is 6.54 Å². The molecule has 1 fully saturated rings.